The topological polar surface area (TPSA) is 85.0 Å². The van der Waals surface area contributed by atoms with E-state index in [-0.39, 0.29) is 11.4 Å². The minimum atomic E-state index is -0.165. The number of amides is 1. The first-order valence-corrected chi connectivity index (χ1v) is 8.47. The Morgan fingerprint density at radius 2 is 2.08 bits per heavy atom. The molecule has 1 aliphatic rings. The average molecular weight is 339 g/mol. The number of carbonyl (C=O) groups is 1. The zero-order chi connectivity index (χ0) is 17.4. The van der Waals surface area contributed by atoms with E-state index in [2.05, 4.69) is 27.5 Å². The summed E-state index contributed by atoms with van der Waals surface area (Å²) in [5, 5.41) is 7.04. The highest BCUT2D eigenvalue weighted by Crippen LogP contribution is 2.40. The number of aryl methyl sites for hydroxylation is 1. The Morgan fingerprint density at radius 1 is 1.32 bits per heavy atom. The van der Waals surface area contributed by atoms with Gasteiger partial charge in [0.15, 0.2) is 0 Å². The molecule has 3 aromatic rings. The van der Waals surface area contributed by atoms with Crippen LogP contribution >= 0.6 is 0 Å². The fraction of sp³-hybridized carbons (Fsp3) is 0.389. The second kappa shape index (κ2) is 5.91. The van der Waals surface area contributed by atoms with Crippen molar-refractivity contribution in [2.24, 2.45) is 0 Å². The highest BCUT2D eigenvalue weighted by atomic mass is 16.3. The van der Waals surface area contributed by atoms with Gasteiger partial charge in [-0.3, -0.25) is 4.79 Å². The third-order valence-electron chi connectivity index (χ3n) is 4.63. The molecule has 0 atom stereocenters. The molecule has 4 rings (SSSR count). The van der Waals surface area contributed by atoms with Gasteiger partial charge in [-0.1, -0.05) is 0 Å². The summed E-state index contributed by atoms with van der Waals surface area (Å²) in [7, 11) is 0. The summed E-state index contributed by atoms with van der Waals surface area (Å²) in [6.45, 7) is 5.18. The molecule has 0 radical (unpaired) electrons. The first-order chi connectivity index (χ1) is 12.1. The van der Waals surface area contributed by atoms with Crippen LogP contribution in [0.1, 0.15) is 35.9 Å². The van der Waals surface area contributed by atoms with Crippen LogP contribution < -0.4 is 10.6 Å². The third-order valence-corrected chi connectivity index (χ3v) is 4.63. The molecule has 0 unspecified atom stereocenters. The van der Waals surface area contributed by atoms with E-state index in [9.17, 15) is 4.79 Å². The van der Waals surface area contributed by atoms with Gasteiger partial charge in [0.05, 0.1) is 10.9 Å². The number of furan rings is 1. The van der Waals surface area contributed by atoms with E-state index in [0.29, 0.717) is 41.3 Å². The van der Waals surface area contributed by atoms with Gasteiger partial charge in [0.25, 0.3) is 5.91 Å². The van der Waals surface area contributed by atoms with Crippen LogP contribution in [0.15, 0.2) is 35.3 Å². The lowest BCUT2D eigenvalue weighted by atomic mass is 10.1. The normalized spacial score (nSPS) is 15.3. The molecule has 0 aromatic carbocycles. The molecule has 1 saturated carbocycles. The van der Waals surface area contributed by atoms with Gasteiger partial charge in [-0.25, -0.2) is 9.97 Å². The van der Waals surface area contributed by atoms with Crippen molar-refractivity contribution < 1.29 is 9.21 Å². The van der Waals surface area contributed by atoms with Crippen LogP contribution in [0, 0.1) is 6.92 Å². The van der Waals surface area contributed by atoms with Crippen molar-refractivity contribution in [1.29, 1.82) is 0 Å². The minimum Gasteiger partial charge on any atom is -0.442 e. The highest BCUT2D eigenvalue weighted by Gasteiger charge is 2.38. The number of anilines is 1. The van der Waals surface area contributed by atoms with Crippen LogP contribution in [0.5, 0.6) is 0 Å². The van der Waals surface area contributed by atoms with Crippen LogP contribution in [0.3, 0.4) is 0 Å². The fourth-order valence-corrected chi connectivity index (χ4v) is 2.92. The monoisotopic (exact) mass is 339 g/mol. The molecule has 1 fully saturated rings. The Labute approximate surface area is 145 Å². The first kappa shape index (κ1) is 15.7. The number of nitrogens with zero attached hydrogens (tertiary/aromatic N) is 3. The summed E-state index contributed by atoms with van der Waals surface area (Å²) in [4.78, 5) is 21.3. The van der Waals surface area contributed by atoms with Gasteiger partial charge in [-0.05, 0) is 38.8 Å². The molecule has 130 valence electrons. The minimum absolute atomic E-state index is 0.0502. The molecule has 7 heteroatoms. The lowest BCUT2D eigenvalue weighted by Crippen LogP contribution is -2.27. The Bertz CT molecular complexity index is 909. The van der Waals surface area contributed by atoms with Crippen LogP contribution in [0.25, 0.3) is 11.1 Å². The molecule has 25 heavy (non-hydrogen) atoms. The summed E-state index contributed by atoms with van der Waals surface area (Å²) < 4.78 is 7.71. The van der Waals surface area contributed by atoms with Crippen molar-refractivity contribution in [3.8, 4) is 0 Å². The lowest BCUT2D eigenvalue weighted by molar-refractivity contribution is 0.0952. The molecule has 1 amide bonds. The second-order valence-electron chi connectivity index (χ2n) is 6.80. The quantitative estimate of drug-likeness (QED) is 0.721. The van der Waals surface area contributed by atoms with E-state index < -0.39 is 0 Å². The van der Waals surface area contributed by atoms with Gasteiger partial charge in [0.1, 0.15) is 17.9 Å². The summed E-state index contributed by atoms with van der Waals surface area (Å²) in [6.07, 6.45) is 7.59. The number of nitrogens with one attached hydrogen (secondary N) is 2. The van der Waals surface area contributed by atoms with E-state index >= 15 is 0 Å². The first-order valence-electron chi connectivity index (χ1n) is 8.47. The van der Waals surface area contributed by atoms with Gasteiger partial charge in [-0.15, -0.1) is 0 Å². The maximum absolute atomic E-state index is 12.7. The number of hydrogen-bond donors (Lipinski definition) is 2. The predicted octanol–water partition coefficient (Wildman–Crippen LogP) is 2.73. The Balaban J connectivity index is 1.59. The SMILES string of the molecule is Cc1oc2ncnc(NC3(C)CC3)c2c1C(=O)NCCn1cccc1. The molecule has 0 aliphatic heterocycles. The number of aromatic nitrogens is 3. The lowest BCUT2D eigenvalue weighted by Gasteiger charge is -2.13. The zero-order valence-electron chi connectivity index (χ0n) is 14.4. The van der Waals surface area contributed by atoms with E-state index in [1.165, 1.54) is 6.33 Å². The Morgan fingerprint density at radius 3 is 2.80 bits per heavy atom. The molecule has 1 aliphatic carbocycles. The summed E-state index contributed by atoms with van der Waals surface area (Å²) in [6, 6.07) is 3.92. The summed E-state index contributed by atoms with van der Waals surface area (Å²) >= 11 is 0. The number of rotatable bonds is 6. The average Bonchev–Trinajstić information content (AvgIpc) is 2.99. The van der Waals surface area contributed by atoms with Crippen LogP contribution in [-0.2, 0) is 6.54 Å². The van der Waals surface area contributed by atoms with Crippen molar-refractivity contribution in [2.75, 3.05) is 11.9 Å². The van der Waals surface area contributed by atoms with Crippen LogP contribution in [0.4, 0.5) is 5.82 Å². The number of hydrogen-bond acceptors (Lipinski definition) is 5. The Kier molecular flexibility index (Phi) is 3.71. The molecular formula is C18H21N5O2. The van der Waals surface area contributed by atoms with E-state index in [0.717, 1.165) is 12.8 Å². The molecule has 0 spiro atoms. The van der Waals surface area contributed by atoms with E-state index in [4.69, 9.17) is 4.42 Å². The predicted molar refractivity (Wildman–Crippen MR) is 94.6 cm³/mol. The number of carbonyl (C=O) groups excluding carboxylic acids is 1. The smallest absolute Gasteiger partial charge is 0.255 e. The second-order valence-corrected chi connectivity index (χ2v) is 6.80. The molecule has 2 N–H and O–H groups in total. The standard InChI is InChI=1S/C18H21N5O2/c1-12-13(16(24)19-7-10-23-8-3-4-9-23)14-15(22-18(2)5-6-18)20-11-21-17(14)25-12/h3-4,8-9,11H,5-7,10H2,1-2H3,(H,19,24)(H,20,21,22). The number of fused-ring (bicyclic) bond motifs is 1. The molecule has 3 heterocycles. The molecule has 7 nitrogen and oxygen atoms in total. The zero-order valence-corrected chi connectivity index (χ0v) is 14.4. The van der Waals surface area contributed by atoms with Crippen molar-refractivity contribution in [3.05, 3.63) is 42.2 Å². The molecular weight excluding hydrogens is 318 g/mol. The van der Waals surface area contributed by atoms with Crippen LogP contribution in [-0.4, -0.2) is 32.5 Å². The van der Waals surface area contributed by atoms with E-state index in [1.807, 2.05) is 29.1 Å². The van der Waals surface area contributed by atoms with Crippen molar-refractivity contribution in [1.82, 2.24) is 19.9 Å². The van der Waals surface area contributed by atoms with Gasteiger partial charge < -0.3 is 19.6 Å². The molecule has 0 bridgehead atoms. The fourth-order valence-electron chi connectivity index (χ4n) is 2.92. The molecule has 0 saturated heterocycles. The third kappa shape index (κ3) is 3.09. The van der Waals surface area contributed by atoms with Gasteiger partial charge >= 0.3 is 0 Å². The van der Waals surface area contributed by atoms with Gasteiger partial charge in [0.2, 0.25) is 5.71 Å². The van der Waals surface area contributed by atoms with Crippen molar-refractivity contribution in [2.45, 2.75) is 38.8 Å². The largest absolute Gasteiger partial charge is 0.442 e. The highest BCUT2D eigenvalue weighted by molar-refractivity contribution is 6.10. The van der Waals surface area contributed by atoms with Crippen LogP contribution in [0.2, 0.25) is 0 Å². The summed E-state index contributed by atoms with van der Waals surface area (Å²) in [5.74, 6) is 1.05. The van der Waals surface area contributed by atoms with Crippen molar-refractivity contribution in [3.63, 3.8) is 0 Å². The maximum atomic E-state index is 12.7. The van der Waals surface area contributed by atoms with Gasteiger partial charge in [0, 0.05) is 31.0 Å². The Hall–Kier alpha value is -2.83. The van der Waals surface area contributed by atoms with Crippen molar-refractivity contribution >= 4 is 22.8 Å². The summed E-state index contributed by atoms with van der Waals surface area (Å²) in [5.41, 5.74) is 0.999. The van der Waals surface area contributed by atoms with E-state index in [1.54, 1.807) is 6.92 Å². The maximum Gasteiger partial charge on any atom is 0.255 e. The molecule has 3 aromatic heterocycles. The van der Waals surface area contributed by atoms with Gasteiger partial charge in [-0.2, -0.15) is 0 Å².